The summed E-state index contributed by atoms with van der Waals surface area (Å²) in [5.41, 5.74) is 1.82. The summed E-state index contributed by atoms with van der Waals surface area (Å²) in [6.07, 6.45) is 3.83. The van der Waals surface area contributed by atoms with E-state index in [2.05, 4.69) is 5.32 Å². The molecule has 168 valence electrons. The molecule has 1 aliphatic rings. The molecule has 0 unspecified atom stereocenters. The van der Waals surface area contributed by atoms with Crippen LogP contribution in [0.2, 0.25) is 0 Å². The number of carbonyl (C=O) groups excluding carboxylic acids is 2. The van der Waals surface area contributed by atoms with Crippen LogP contribution in [0.4, 0.5) is 5.00 Å². The summed E-state index contributed by atoms with van der Waals surface area (Å²) >= 11 is 1.45. The predicted molar refractivity (Wildman–Crippen MR) is 120 cm³/mol. The van der Waals surface area contributed by atoms with Crippen molar-refractivity contribution in [3.8, 4) is 17.2 Å². The Morgan fingerprint density at radius 2 is 1.58 bits per heavy atom. The summed E-state index contributed by atoms with van der Waals surface area (Å²) in [6, 6.07) is 3.27. The SMILES string of the molecule is CCOc1cc(C(=O)Nc2sc3c(c2C(=O)OC)CCCC3)cc(OCC)c1OCC. The highest BCUT2D eigenvalue weighted by molar-refractivity contribution is 7.17. The van der Waals surface area contributed by atoms with Crippen LogP contribution in [0, 0.1) is 0 Å². The standard InChI is InChI=1S/C23H29NO6S/c1-5-28-16-12-14(13-17(29-6-2)20(16)30-7-3)21(25)24-22-19(23(26)27-4)15-10-8-9-11-18(15)31-22/h12-13H,5-11H2,1-4H3,(H,24,25). The Bertz CT molecular complexity index is 925. The molecule has 7 nitrogen and oxygen atoms in total. The molecule has 1 N–H and O–H groups in total. The fourth-order valence-corrected chi connectivity index (χ4v) is 4.94. The van der Waals surface area contributed by atoms with E-state index in [-0.39, 0.29) is 5.91 Å². The second-order valence-corrected chi connectivity index (χ2v) is 8.07. The van der Waals surface area contributed by atoms with Gasteiger partial charge in [-0.15, -0.1) is 11.3 Å². The molecule has 1 aliphatic carbocycles. The Morgan fingerprint density at radius 1 is 0.968 bits per heavy atom. The lowest BCUT2D eigenvalue weighted by Crippen LogP contribution is -2.16. The van der Waals surface area contributed by atoms with E-state index in [0.29, 0.717) is 53.2 Å². The largest absolute Gasteiger partial charge is 0.490 e. The third-order valence-corrected chi connectivity index (χ3v) is 6.17. The van der Waals surface area contributed by atoms with Gasteiger partial charge in [0, 0.05) is 10.4 Å². The lowest BCUT2D eigenvalue weighted by molar-refractivity contribution is 0.0601. The highest BCUT2D eigenvalue weighted by Gasteiger charge is 2.27. The number of hydrogen-bond donors (Lipinski definition) is 1. The van der Waals surface area contributed by atoms with Gasteiger partial charge >= 0.3 is 5.97 Å². The maximum Gasteiger partial charge on any atom is 0.341 e. The fourth-order valence-electron chi connectivity index (χ4n) is 3.67. The molecule has 1 heterocycles. The highest BCUT2D eigenvalue weighted by Crippen LogP contribution is 2.41. The van der Waals surface area contributed by atoms with Crippen molar-refractivity contribution in [2.75, 3.05) is 32.2 Å². The molecule has 0 saturated carbocycles. The molecule has 0 fully saturated rings. The number of fused-ring (bicyclic) bond motifs is 1. The van der Waals surface area contributed by atoms with Crippen LogP contribution in [0.25, 0.3) is 0 Å². The molecule has 3 rings (SSSR count). The predicted octanol–water partition coefficient (Wildman–Crippen LogP) is 4.86. The van der Waals surface area contributed by atoms with E-state index < -0.39 is 5.97 Å². The average Bonchev–Trinajstić information content (AvgIpc) is 3.13. The number of carbonyl (C=O) groups is 2. The van der Waals surface area contributed by atoms with Crippen LogP contribution >= 0.6 is 11.3 Å². The van der Waals surface area contributed by atoms with Gasteiger partial charge in [0.05, 0.1) is 32.5 Å². The van der Waals surface area contributed by atoms with Gasteiger partial charge in [0.15, 0.2) is 11.5 Å². The summed E-state index contributed by atoms with van der Waals surface area (Å²) in [5.74, 6) is 0.586. The Labute approximate surface area is 186 Å². The van der Waals surface area contributed by atoms with Gasteiger partial charge in [0.2, 0.25) is 5.75 Å². The minimum Gasteiger partial charge on any atom is -0.490 e. The number of esters is 1. The first-order valence-corrected chi connectivity index (χ1v) is 11.5. The summed E-state index contributed by atoms with van der Waals surface area (Å²) in [4.78, 5) is 26.8. The van der Waals surface area contributed by atoms with E-state index >= 15 is 0 Å². The molecule has 1 amide bonds. The quantitative estimate of drug-likeness (QED) is 0.553. The smallest absolute Gasteiger partial charge is 0.341 e. The van der Waals surface area contributed by atoms with E-state index in [4.69, 9.17) is 18.9 Å². The number of aryl methyl sites for hydroxylation is 1. The monoisotopic (exact) mass is 447 g/mol. The molecule has 0 bridgehead atoms. The minimum atomic E-state index is -0.425. The van der Waals surface area contributed by atoms with Crippen LogP contribution in [-0.2, 0) is 17.6 Å². The molecule has 1 aromatic carbocycles. The van der Waals surface area contributed by atoms with Gasteiger partial charge in [0.25, 0.3) is 5.91 Å². The van der Waals surface area contributed by atoms with Crippen molar-refractivity contribution in [1.29, 1.82) is 0 Å². The molecule has 1 aromatic heterocycles. The van der Waals surface area contributed by atoms with Crippen molar-refractivity contribution in [1.82, 2.24) is 0 Å². The molecule has 0 atom stereocenters. The number of amides is 1. The molecule has 0 saturated heterocycles. The third-order valence-electron chi connectivity index (χ3n) is 4.96. The topological polar surface area (TPSA) is 83.1 Å². The number of anilines is 1. The first-order valence-electron chi connectivity index (χ1n) is 10.6. The molecule has 0 radical (unpaired) electrons. The summed E-state index contributed by atoms with van der Waals surface area (Å²) < 4.78 is 22.1. The van der Waals surface area contributed by atoms with Gasteiger partial charge in [-0.2, -0.15) is 0 Å². The van der Waals surface area contributed by atoms with Gasteiger partial charge in [-0.05, 0) is 64.2 Å². The van der Waals surface area contributed by atoms with Crippen molar-refractivity contribution in [2.24, 2.45) is 0 Å². The Morgan fingerprint density at radius 3 is 2.16 bits per heavy atom. The number of methoxy groups -OCH3 is 1. The van der Waals surface area contributed by atoms with Gasteiger partial charge < -0.3 is 24.3 Å². The molecular formula is C23H29NO6S. The number of benzene rings is 1. The van der Waals surface area contributed by atoms with Crippen molar-refractivity contribution >= 4 is 28.2 Å². The minimum absolute atomic E-state index is 0.353. The van der Waals surface area contributed by atoms with Crippen LogP contribution in [-0.4, -0.2) is 38.8 Å². The lowest BCUT2D eigenvalue weighted by atomic mass is 9.95. The first kappa shape index (κ1) is 22.9. The van der Waals surface area contributed by atoms with E-state index in [1.165, 1.54) is 18.4 Å². The second kappa shape index (κ2) is 10.5. The van der Waals surface area contributed by atoms with E-state index in [1.807, 2.05) is 20.8 Å². The van der Waals surface area contributed by atoms with Crippen LogP contribution in [0.5, 0.6) is 17.2 Å². The zero-order valence-corrected chi connectivity index (χ0v) is 19.3. The molecule has 8 heteroatoms. The normalized spacial score (nSPS) is 12.6. The lowest BCUT2D eigenvalue weighted by Gasteiger charge is -2.17. The van der Waals surface area contributed by atoms with Crippen molar-refractivity contribution in [2.45, 2.75) is 46.5 Å². The highest BCUT2D eigenvalue weighted by atomic mass is 32.1. The number of ether oxygens (including phenoxy) is 4. The molecule has 0 spiro atoms. The third kappa shape index (κ3) is 4.95. The van der Waals surface area contributed by atoms with Crippen molar-refractivity contribution in [3.63, 3.8) is 0 Å². The summed E-state index contributed by atoms with van der Waals surface area (Å²) in [6.45, 7) is 6.87. The fraction of sp³-hybridized carbons (Fsp3) is 0.478. The maximum atomic E-state index is 13.2. The van der Waals surface area contributed by atoms with Crippen LogP contribution < -0.4 is 19.5 Å². The zero-order chi connectivity index (χ0) is 22.4. The van der Waals surface area contributed by atoms with Gasteiger partial charge in [-0.1, -0.05) is 0 Å². The number of rotatable bonds is 9. The van der Waals surface area contributed by atoms with E-state index in [0.717, 1.165) is 36.1 Å². The second-order valence-electron chi connectivity index (χ2n) is 6.96. The van der Waals surface area contributed by atoms with Crippen LogP contribution in [0.3, 0.4) is 0 Å². The number of thiophene rings is 1. The van der Waals surface area contributed by atoms with Gasteiger partial charge in [0.1, 0.15) is 5.00 Å². The zero-order valence-electron chi connectivity index (χ0n) is 18.5. The van der Waals surface area contributed by atoms with E-state index in [9.17, 15) is 9.59 Å². The van der Waals surface area contributed by atoms with E-state index in [1.54, 1.807) is 12.1 Å². The summed E-state index contributed by atoms with van der Waals surface area (Å²) in [5, 5.41) is 3.44. The summed E-state index contributed by atoms with van der Waals surface area (Å²) in [7, 11) is 1.36. The molecular weight excluding hydrogens is 418 g/mol. The Kier molecular flexibility index (Phi) is 7.79. The van der Waals surface area contributed by atoms with Crippen molar-refractivity contribution < 1.29 is 28.5 Å². The Balaban J connectivity index is 1.98. The molecule has 0 aliphatic heterocycles. The number of hydrogen-bond acceptors (Lipinski definition) is 7. The number of nitrogens with one attached hydrogen (secondary N) is 1. The average molecular weight is 448 g/mol. The van der Waals surface area contributed by atoms with Gasteiger partial charge in [-0.3, -0.25) is 4.79 Å². The van der Waals surface area contributed by atoms with Crippen LogP contribution in [0.15, 0.2) is 12.1 Å². The van der Waals surface area contributed by atoms with Crippen LogP contribution in [0.1, 0.15) is 64.8 Å². The first-order chi connectivity index (χ1) is 15.0. The maximum absolute atomic E-state index is 13.2. The Hall–Kier alpha value is -2.74. The molecule has 31 heavy (non-hydrogen) atoms. The van der Waals surface area contributed by atoms with Gasteiger partial charge in [-0.25, -0.2) is 4.79 Å². The molecule has 2 aromatic rings. The van der Waals surface area contributed by atoms with Crippen molar-refractivity contribution in [3.05, 3.63) is 33.7 Å².